The molecule has 2 N–H and O–H groups in total. The number of rotatable bonds is 3. The first-order valence-electron chi connectivity index (χ1n) is 5.18. The SMILES string of the molecule is Cc1nc(CNC(=O)[C@@H]2CCCN2)cs1. The van der Waals surface area contributed by atoms with Crippen LogP contribution in [0.3, 0.4) is 0 Å². The van der Waals surface area contributed by atoms with Gasteiger partial charge in [-0.25, -0.2) is 4.98 Å². The Morgan fingerprint density at radius 1 is 1.80 bits per heavy atom. The van der Waals surface area contributed by atoms with Gasteiger partial charge in [-0.1, -0.05) is 0 Å². The van der Waals surface area contributed by atoms with Crippen LogP contribution in [0.15, 0.2) is 5.38 Å². The molecule has 4 nitrogen and oxygen atoms in total. The Morgan fingerprint density at radius 2 is 2.67 bits per heavy atom. The van der Waals surface area contributed by atoms with Crippen molar-refractivity contribution in [2.45, 2.75) is 32.4 Å². The van der Waals surface area contributed by atoms with Gasteiger partial charge in [-0.3, -0.25) is 4.79 Å². The van der Waals surface area contributed by atoms with Gasteiger partial charge >= 0.3 is 0 Å². The Morgan fingerprint density at radius 3 is 3.27 bits per heavy atom. The van der Waals surface area contributed by atoms with Crippen LogP contribution in [0.2, 0.25) is 0 Å². The zero-order valence-corrected chi connectivity index (χ0v) is 9.56. The van der Waals surface area contributed by atoms with Crippen LogP contribution in [-0.2, 0) is 11.3 Å². The first kappa shape index (κ1) is 10.6. The molecule has 0 radical (unpaired) electrons. The van der Waals surface area contributed by atoms with Crippen molar-refractivity contribution in [2.75, 3.05) is 6.54 Å². The smallest absolute Gasteiger partial charge is 0.237 e. The summed E-state index contributed by atoms with van der Waals surface area (Å²) in [5, 5.41) is 9.09. The molecule has 0 spiro atoms. The van der Waals surface area contributed by atoms with Crippen LogP contribution in [0, 0.1) is 6.92 Å². The van der Waals surface area contributed by atoms with Gasteiger partial charge in [-0.2, -0.15) is 0 Å². The van der Waals surface area contributed by atoms with E-state index >= 15 is 0 Å². The molecular weight excluding hydrogens is 210 g/mol. The summed E-state index contributed by atoms with van der Waals surface area (Å²) >= 11 is 1.61. The second-order valence-corrected chi connectivity index (χ2v) is 4.79. The lowest BCUT2D eigenvalue weighted by atomic mass is 10.2. The topological polar surface area (TPSA) is 54.0 Å². The van der Waals surface area contributed by atoms with E-state index in [0.29, 0.717) is 6.54 Å². The van der Waals surface area contributed by atoms with E-state index in [1.165, 1.54) is 0 Å². The summed E-state index contributed by atoms with van der Waals surface area (Å²) in [7, 11) is 0. The average molecular weight is 225 g/mol. The molecule has 0 bridgehead atoms. The van der Waals surface area contributed by atoms with Gasteiger partial charge in [0.1, 0.15) is 0 Å². The molecule has 0 aliphatic carbocycles. The number of carbonyl (C=O) groups excluding carboxylic acids is 1. The number of nitrogens with zero attached hydrogens (tertiary/aromatic N) is 1. The maximum Gasteiger partial charge on any atom is 0.237 e. The van der Waals surface area contributed by atoms with Crippen LogP contribution in [0.4, 0.5) is 0 Å². The third-order valence-electron chi connectivity index (χ3n) is 2.49. The molecule has 2 heterocycles. The first-order chi connectivity index (χ1) is 7.25. The minimum Gasteiger partial charge on any atom is -0.349 e. The summed E-state index contributed by atoms with van der Waals surface area (Å²) in [5.74, 6) is 0.0955. The number of hydrogen-bond acceptors (Lipinski definition) is 4. The molecule has 1 aromatic heterocycles. The predicted octanol–water partition coefficient (Wildman–Crippen LogP) is 0.820. The Hall–Kier alpha value is -0.940. The molecule has 2 rings (SSSR count). The summed E-state index contributed by atoms with van der Waals surface area (Å²) < 4.78 is 0. The van der Waals surface area contributed by atoms with Gasteiger partial charge in [0.15, 0.2) is 0 Å². The van der Waals surface area contributed by atoms with Crippen molar-refractivity contribution in [3.8, 4) is 0 Å². The Bertz CT molecular complexity index is 344. The highest BCUT2D eigenvalue weighted by Gasteiger charge is 2.21. The quantitative estimate of drug-likeness (QED) is 0.801. The molecule has 0 unspecified atom stereocenters. The number of hydrogen-bond donors (Lipinski definition) is 2. The van der Waals surface area contributed by atoms with Gasteiger partial charge in [0.05, 0.1) is 23.3 Å². The number of amides is 1. The average Bonchev–Trinajstić information content (AvgIpc) is 2.84. The molecule has 0 saturated carbocycles. The molecule has 1 aliphatic heterocycles. The third-order valence-corrected chi connectivity index (χ3v) is 3.31. The largest absolute Gasteiger partial charge is 0.349 e. The fraction of sp³-hybridized carbons (Fsp3) is 0.600. The van der Waals surface area contributed by atoms with Crippen molar-refractivity contribution >= 4 is 17.2 Å². The van der Waals surface area contributed by atoms with E-state index in [1.807, 2.05) is 12.3 Å². The molecule has 0 aromatic carbocycles. The maximum atomic E-state index is 11.6. The monoisotopic (exact) mass is 225 g/mol. The zero-order chi connectivity index (χ0) is 10.7. The van der Waals surface area contributed by atoms with E-state index in [2.05, 4.69) is 15.6 Å². The predicted molar refractivity (Wildman–Crippen MR) is 59.7 cm³/mol. The van der Waals surface area contributed by atoms with Gasteiger partial charge < -0.3 is 10.6 Å². The van der Waals surface area contributed by atoms with Gasteiger partial charge in [0, 0.05) is 5.38 Å². The fourth-order valence-electron chi connectivity index (χ4n) is 1.70. The molecule has 82 valence electrons. The van der Waals surface area contributed by atoms with E-state index in [-0.39, 0.29) is 11.9 Å². The highest BCUT2D eigenvalue weighted by atomic mass is 32.1. The Balaban J connectivity index is 1.80. The van der Waals surface area contributed by atoms with E-state index in [1.54, 1.807) is 11.3 Å². The van der Waals surface area contributed by atoms with Gasteiger partial charge in [-0.15, -0.1) is 11.3 Å². The minimum atomic E-state index is 0.00438. The van der Waals surface area contributed by atoms with Crippen molar-refractivity contribution in [3.63, 3.8) is 0 Å². The van der Waals surface area contributed by atoms with Crippen LogP contribution in [0.1, 0.15) is 23.5 Å². The molecule has 15 heavy (non-hydrogen) atoms. The normalized spacial score (nSPS) is 20.5. The highest BCUT2D eigenvalue weighted by molar-refractivity contribution is 7.09. The lowest BCUT2D eigenvalue weighted by molar-refractivity contribution is -0.122. The molecule has 1 amide bonds. The van der Waals surface area contributed by atoms with Crippen molar-refractivity contribution in [2.24, 2.45) is 0 Å². The van der Waals surface area contributed by atoms with Crippen LogP contribution in [0.5, 0.6) is 0 Å². The second kappa shape index (κ2) is 4.72. The van der Waals surface area contributed by atoms with Crippen LogP contribution in [0.25, 0.3) is 0 Å². The van der Waals surface area contributed by atoms with Crippen LogP contribution >= 0.6 is 11.3 Å². The molecule has 1 aliphatic rings. The lowest BCUT2D eigenvalue weighted by Crippen LogP contribution is -2.40. The van der Waals surface area contributed by atoms with E-state index < -0.39 is 0 Å². The van der Waals surface area contributed by atoms with Crippen molar-refractivity contribution in [3.05, 3.63) is 16.1 Å². The fourth-order valence-corrected chi connectivity index (χ4v) is 2.31. The van der Waals surface area contributed by atoms with Crippen molar-refractivity contribution in [1.82, 2.24) is 15.6 Å². The number of aromatic nitrogens is 1. The molecule has 1 fully saturated rings. The first-order valence-corrected chi connectivity index (χ1v) is 6.06. The molecule has 1 aromatic rings. The van der Waals surface area contributed by atoms with Crippen molar-refractivity contribution in [1.29, 1.82) is 0 Å². The molecule has 1 saturated heterocycles. The zero-order valence-electron chi connectivity index (χ0n) is 8.75. The van der Waals surface area contributed by atoms with E-state index in [9.17, 15) is 4.79 Å². The standard InChI is InChI=1S/C10H15N3OS/c1-7-13-8(6-15-7)5-12-10(14)9-3-2-4-11-9/h6,9,11H,2-5H2,1H3,(H,12,14)/t9-/m0/s1. The van der Waals surface area contributed by atoms with E-state index in [0.717, 1.165) is 30.1 Å². The number of carbonyl (C=O) groups is 1. The summed E-state index contributed by atoms with van der Waals surface area (Å²) in [6.45, 7) is 3.46. The van der Waals surface area contributed by atoms with Gasteiger partial charge in [0.25, 0.3) is 0 Å². The van der Waals surface area contributed by atoms with Crippen molar-refractivity contribution < 1.29 is 4.79 Å². The summed E-state index contributed by atoms with van der Waals surface area (Å²) in [5.41, 5.74) is 0.948. The third kappa shape index (κ3) is 2.76. The van der Waals surface area contributed by atoms with Gasteiger partial charge in [0.2, 0.25) is 5.91 Å². The Labute approximate surface area is 93.1 Å². The maximum absolute atomic E-state index is 11.6. The summed E-state index contributed by atoms with van der Waals surface area (Å²) in [6, 6.07) is 0.00438. The Kier molecular flexibility index (Phi) is 3.33. The number of thiazole rings is 1. The molecule has 5 heteroatoms. The van der Waals surface area contributed by atoms with Crippen LogP contribution in [-0.4, -0.2) is 23.5 Å². The second-order valence-electron chi connectivity index (χ2n) is 3.72. The number of aryl methyl sites for hydroxylation is 1. The van der Waals surface area contributed by atoms with Crippen LogP contribution < -0.4 is 10.6 Å². The van der Waals surface area contributed by atoms with Gasteiger partial charge in [-0.05, 0) is 26.3 Å². The number of nitrogens with one attached hydrogen (secondary N) is 2. The molecular formula is C10H15N3OS. The molecule has 1 atom stereocenters. The minimum absolute atomic E-state index is 0.00438. The highest BCUT2D eigenvalue weighted by Crippen LogP contribution is 2.08. The van der Waals surface area contributed by atoms with E-state index in [4.69, 9.17) is 0 Å². The lowest BCUT2D eigenvalue weighted by Gasteiger charge is -2.09. The summed E-state index contributed by atoms with van der Waals surface area (Å²) in [6.07, 6.45) is 2.04. The summed E-state index contributed by atoms with van der Waals surface area (Å²) in [4.78, 5) is 15.9.